The third kappa shape index (κ3) is 2.61. The molecule has 70 valence electrons. The Labute approximate surface area is 81.2 Å². The Morgan fingerprint density at radius 2 is 2.15 bits per heavy atom. The first-order valence-electron chi connectivity index (χ1n) is 3.65. The van der Waals surface area contributed by atoms with Gasteiger partial charge < -0.3 is 5.32 Å². The van der Waals surface area contributed by atoms with Gasteiger partial charge in [-0.05, 0) is 12.1 Å². The molecule has 0 saturated carbocycles. The first kappa shape index (κ1) is 9.83. The molecule has 0 aliphatic heterocycles. The number of urea groups is 1. The number of hydrogen-bond donors (Lipinski definition) is 2. The molecule has 1 rings (SSSR count). The SMILES string of the molecule is CN(N)C(=O)Nc1ccccc1Cl. The van der Waals surface area contributed by atoms with Crippen molar-refractivity contribution in [3.63, 3.8) is 0 Å². The van der Waals surface area contributed by atoms with Crippen molar-refractivity contribution in [1.82, 2.24) is 5.01 Å². The van der Waals surface area contributed by atoms with Crippen LogP contribution in [0.2, 0.25) is 5.02 Å². The molecular formula is C8H10ClN3O. The molecule has 0 aliphatic rings. The van der Waals surface area contributed by atoms with Gasteiger partial charge in [0.1, 0.15) is 0 Å². The third-order valence-electron chi connectivity index (χ3n) is 1.44. The molecule has 0 aliphatic carbocycles. The number of nitrogens with two attached hydrogens (primary N) is 1. The van der Waals surface area contributed by atoms with Crippen LogP contribution in [0.25, 0.3) is 0 Å². The van der Waals surface area contributed by atoms with E-state index in [0.717, 1.165) is 5.01 Å². The van der Waals surface area contributed by atoms with E-state index < -0.39 is 6.03 Å². The van der Waals surface area contributed by atoms with E-state index in [-0.39, 0.29) is 0 Å². The number of carbonyl (C=O) groups excluding carboxylic acids is 1. The summed E-state index contributed by atoms with van der Waals surface area (Å²) in [6.07, 6.45) is 0. The summed E-state index contributed by atoms with van der Waals surface area (Å²) in [6, 6.07) is 6.53. The number of amides is 2. The standard InChI is InChI=1S/C8H10ClN3O/c1-12(10)8(13)11-7-5-3-2-4-6(7)9/h2-5H,10H2,1H3,(H,11,13). The van der Waals surface area contributed by atoms with Gasteiger partial charge in [-0.15, -0.1) is 0 Å². The van der Waals surface area contributed by atoms with Crippen LogP contribution < -0.4 is 11.2 Å². The minimum absolute atomic E-state index is 0.409. The molecule has 0 aromatic heterocycles. The average Bonchev–Trinajstić information content (AvgIpc) is 2.08. The fourth-order valence-corrected chi connectivity index (χ4v) is 0.949. The van der Waals surface area contributed by atoms with Crippen molar-refractivity contribution in [3.8, 4) is 0 Å². The number of nitrogens with zero attached hydrogens (tertiary/aromatic N) is 1. The van der Waals surface area contributed by atoms with Crippen LogP contribution >= 0.6 is 11.6 Å². The molecule has 0 unspecified atom stereocenters. The van der Waals surface area contributed by atoms with Crippen LogP contribution in [-0.4, -0.2) is 18.1 Å². The Balaban J connectivity index is 2.75. The highest BCUT2D eigenvalue weighted by atomic mass is 35.5. The Hall–Kier alpha value is -1.26. The summed E-state index contributed by atoms with van der Waals surface area (Å²) in [5.74, 6) is 5.21. The Morgan fingerprint density at radius 3 is 2.69 bits per heavy atom. The van der Waals surface area contributed by atoms with E-state index in [1.807, 2.05) is 0 Å². The van der Waals surface area contributed by atoms with E-state index in [4.69, 9.17) is 17.4 Å². The number of halogens is 1. The van der Waals surface area contributed by atoms with Crippen LogP contribution in [0.5, 0.6) is 0 Å². The molecular weight excluding hydrogens is 190 g/mol. The minimum Gasteiger partial charge on any atom is -0.305 e. The maximum Gasteiger partial charge on any atom is 0.335 e. The summed E-state index contributed by atoms with van der Waals surface area (Å²) in [4.78, 5) is 11.1. The quantitative estimate of drug-likeness (QED) is 0.411. The van der Waals surface area contributed by atoms with Gasteiger partial charge in [-0.25, -0.2) is 10.6 Å². The zero-order chi connectivity index (χ0) is 9.84. The van der Waals surface area contributed by atoms with Crippen molar-refractivity contribution in [3.05, 3.63) is 29.3 Å². The summed E-state index contributed by atoms with van der Waals surface area (Å²) < 4.78 is 0. The van der Waals surface area contributed by atoms with Crippen LogP contribution in [0.4, 0.5) is 10.5 Å². The fourth-order valence-electron chi connectivity index (χ4n) is 0.766. The molecule has 4 nitrogen and oxygen atoms in total. The summed E-state index contributed by atoms with van der Waals surface area (Å²) in [7, 11) is 1.45. The largest absolute Gasteiger partial charge is 0.335 e. The topological polar surface area (TPSA) is 58.4 Å². The van der Waals surface area contributed by atoms with Crippen LogP contribution in [0.15, 0.2) is 24.3 Å². The lowest BCUT2D eigenvalue weighted by Crippen LogP contribution is -2.36. The Bertz CT molecular complexity index is 314. The van der Waals surface area contributed by atoms with Crippen molar-refractivity contribution in [2.75, 3.05) is 12.4 Å². The van der Waals surface area contributed by atoms with Crippen LogP contribution in [0.1, 0.15) is 0 Å². The first-order chi connectivity index (χ1) is 6.11. The lowest BCUT2D eigenvalue weighted by atomic mass is 10.3. The average molecular weight is 200 g/mol. The molecule has 2 amide bonds. The summed E-state index contributed by atoms with van der Waals surface area (Å²) >= 11 is 5.80. The number of rotatable bonds is 1. The van der Waals surface area contributed by atoms with Gasteiger partial charge in [0.2, 0.25) is 0 Å². The number of nitrogens with one attached hydrogen (secondary N) is 1. The Morgan fingerprint density at radius 1 is 1.54 bits per heavy atom. The van der Waals surface area contributed by atoms with Gasteiger partial charge >= 0.3 is 6.03 Å². The molecule has 0 atom stereocenters. The van der Waals surface area contributed by atoms with Gasteiger partial charge in [0.25, 0.3) is 0 Å². The lowest BCUT2D eigenvalue weighted by molar-refractivity contribution is 0.223. The van der Waals surface area contributed by atoms with Crippen LogP contribution in [-0.2, 0) is 0 Å². The van der Waals surface area contributed by atoms with Crippen molar-refractivity contribution in [1.29, 1.82) is 0 Å². The molecule has 0 bridgehead atoms. The predicted molar refractivity (Wildman–Crippen MR) is 52.4 cm³/mol. The molecule has 1 aromatic rings. The highest BCUT2D eigenvalue weighted by molar-refractivity contribution is 6.33. The van der Waals surface area contributed by atoms with Gasteiger partial charge in [-0.2, -0.15) is 0 Å². The van der Waals surface area contributed by atoms with E-state index in [0.29, 0.717) is 10.7 Å². The summed E-state index contributed by atoms with van der Waals surface area (Å²) in [5, 5.41) is 3.97. The zero-order valence-electron chi connectivity index (χ0n) is 7.12. The molecule has 13 heavy (non-hydrogen) atoms. The monoisotopic (exact) mass is 199 g/mol. The number of para-hydroxylation sites is 1. The van der Waals surface area contributed by atoms with E-state index in [1.54, 1.807) is 24.3 Å². The van der Waals surface area contributed by atoms with Crippen molar-refractivity contribution < 1.29 is 4.79 Å². The molecule has 0 fully saturated rings. The molecule has 0 spiro atoms. The van der Waals surface area contributed by atoms with Gasteiger partial charge in [0.05, 0.1) is 10.7 Å². The van der Waals surface area contributed by atoms with E-state index in [9.17, 15) is 4.79 Å². The zero-order valence-corrected chi connectivity index (χ0v) is 7.88. The first-order valence-corrected chi connectivity index (χ1v) is 4.03. The second-order valence-corrected chi connectivity index (χ2v) is 2.93. The van der Waals surface area contributed by atoms with Crippen molar-refractivity contribution in [2.24, 2.45) is 5.84 Å². The smallest absolute Gasteiger partial charge is 0.305 e. The van der Waals surface area contributed by atoms with Gasteiger partial charge in [-0.1, -0.05) is 23.7 Å². The number of hydrogen-bond acceptors (Lipinski definition) is 2. The number of benzene rings is 1. The number of carbonyl (C=O) groups is 1. The highest BCUT2D eigenvalue weighted by Crippen LogP contribution is 2.20. The van der Waals surface area contributed by atoms with Crippen molar-refractivity contribution >= 4 is 23.3 Å². The second-order valence-electron chi connectivity index (χ2n) is 2.52. The van der Waals surface area contributed by atoms with E-state index >= 15 is 0 Å². The molecule has 5 heteroatoms. The van der Waals surface area contributed by atoms with Gasteiger partial charge in [0, 0.05) is 7.05 Å². The minimum atomic E-state index is -0.409. The van der Waals surface area contributed by atoms with Crippen molar-refractivity contribution in [2.45, 2.75) is 0 Å². The lowest BCUT2D eigenvalue weighted by Gasteiger charge is -2.12. The third-order valence-corrected chi connectivity index (χ3v) is 1.77. The Kier molecular flexibility index (Phi) is 3.11. The predicted octanol–water partition coefficient (Wildman–Crippen LogP) is 1.68. The maximum atomic E-state index is 11.1. The molecule has 0 radical (unpaired) electrons. The number of hydrazine groups is 1. The number of anilines is 1. The highest BCUT2D eigenvalue weighted by Gasteiger charge is 2.05. The normalized spacial score (nSPS) is 9.46. The van der Waals surface area contributed by atoms with Crippen LogP contribution in [0, 0.1) is 0 Å². The molecule has 0 heterocycles. The summed E-state index contributed by atoms with van der Waals surface area (Å²) in [6.45, 7) is 0. The fraction of sp³-hybridized carbons (Fsp3) is 0.125. The second kappa shape index (κ2) is 4.11. The molecule has 3 N–H and O–H groups in total. The van der Waals surface area contributed by atoms with Gasteiger partial charge in [0.15, 0.2) is 0 Å². The maximum absolute atomic E-state index is 11.1. The summed E-state index contributed by atoms with van der Waals surface area (Å²) in [5.41, 5.74) is 0.548. The molecule has 0 saturated heterocycles. The van der Waals surface area contributed by atoms with Gasteiger partial charge in [-0.3, -0.25) is 5.01 Å². The van der Waals surface area contributed by atoms with E-state index in [1.165, 1.54) is 7.05 Å². The van der Waals surface area contributed by atoms with Crippen LogP contribution in [0.3, 0.4) is 0 Å². The van der Waals surface area contributed by atoms with E-state index in [2.05, 4.69) is 5.32 Å². The molecule has 1 aromatic carbocycles.